The van der Waals surface area contributed by atoms with Crippen LogP contribution in [0, 0.1) is 5.92 Å². The maximum absolute atomic E-state index is 12.6. The summed E-state index contributed by atoms with van der Waals surface area (Å²) in [5.41, 5.74) is 0.338. The summed E-state index contributed by atoms with van der Waals surface area (Å²) in [5, 5.41) is 15.3. The number of unbranched alkanes of at least 4 members (excludes halogenated alkanes) is 1. The number of hydrogen-bond acceptors (Lipinski definition) is 5. The lowest BCUT2D eigenvalue weighted by atomic mass is 10.0. The van der Waals surface area contributed by atoms with E-state index in [2.05, 4.69) is 27.8 Å². The first-order chi connectivity index (χ1) is 12.4. The topological polar surface area (TPSA) is 84.0 Å². The fourth-order valence-electron chi connectivity index (χ4n) is 2.32. The molecule has 0 aliphatic heterocycles. The van der Waals surface area contributed by atoms with E-state index in [0.717, 1.165) is 24.3 Å². The van der Waals surface area contributed by atoms with Crippen molar-refractivity contribution >= 4 is 39.9 Å². The van der Waals surface area contributed by atoms with Crippen molar-refractivity contribution in [2.75, 3.05) is 5.32 Å². The fourth-order valence-corrected chi connectivity index (χ4v) is 3.32. The Morgan fingerprint density at radius 1 is 1.23 bits per heavy atom. The third kappa shape index (κ3) is 5.51. The molecule has 0 fully saturated rings. The van der Waals surface area contributed by atoms with E-state index in [1.165, 1.54) is 11.3 Å². The van der Waals surface area contributed by atoms with Crippen molar-refractivity contribution in [3.05, 3.63) is 39.9 Å². The molecule has 0 aliphatic carbocycles. The van der Waals surface area contributed by atoms with Gasteiger partial charge in [0.25, 0.3) is 5.91 Å². The van der Waals surface area contributed by atoms with Gasteiger partial charge in [-0.2, -0.15) is 0 Å². The molecule has 0 bridgehead atoms. The summed E-state index contributed by atoms with van der Waals surface area (Å²) in [7, 11) is 0. The van der Waals surface area contributed by atoms with Crippen molar-refractivity contribution in [3.8, 4) is 0 Å². The molecule has 1 aromatic carbocycles. The number of carbonyl (C=O) groups is 2. The molecule has 2 amide bonds. The van der Waals surface area contributed by atoms with Gasteiger partial charge in [0.2, 0.25) is 11.0 Å². The van der Waals surface area contributed by atoms with Crippen LogP contribution in [-0.2, 0) is 11.2 Å². The minimum absolute atomic E-state index is 0.103. The average Bonchev–Trinajstić information content (AvgIpc) is 3.04. The van der Waals surface area contributed by atoms with Gasteiger partial charge >= 0.3 is 0 Å². The fraction of sp³-hybridized carbons (Fsp3) is 0.444. The number of benzene rings is 1. The van der Waals surface area contributed by atoms with E-state index in [1.807, 2.05) is 13.8 Å². The van der Waals surface area contributed by atoms with E-state index in [0.29, 0.717) is 15.7 Å². The number of nitrogens with one attached hydrogen (secondary N) is 2. The molecular formula is C18H23ClN4O2S. The first kappa shape index (κ1) is 20.3. The van der Waals surface area contributed by atoms with Crippen molar-refractivity contribution < 1.29 is 9.59 Å². The first-order valence-electron chi connectivity index (χ1n) is 8.61. The molecule has 8 heteroatoms. The normalized spacial score (nSPS) is 12.0. The number of carbonyl (C=O) groups excluding carboxylic acids is 2. The molecule has 0 spiro atoms. The Hall–Kier alpha value is -1.99. The molecule has 2 rings (SSSR count). The van der Waals surface area contributed by atoms with Gasteiger partial charge in [-0.3, -0.25) is 14.9 Å². The highest BCUT2D eigenvalue weighted by atomic mass is 35.5. The van der Waals surface area contributed by atoms with Gasteiger partial charge in [0, 0.05) is 6.42 Å². The van der Waals surface area contributed by atoms with Gasteiger partial charge in [-0.1, -0.05) is 62.3 Å². The summed E-state index contributed by atoms with van der Waals surface area (Å²) < 4.78 is 0. The number of rotatable bonds is 8. The predicted octanol–water partition coefficient (Wildman–Crippen LogP) is 3.93. The Bertz CT molecular complexity index is 763. The second kappa shape index (κ2) is 9.64. The molecule has 0 aliphatic rings. The van der Waals surface area contributed by atoms with E-state index in [4.69, 9.17) is 11.6 Å². The standard InChI is InChI=1S/C18H23ClN4O2S/c1-4-5-10-14-22-23-18(26-14)21-17(25)15(11(2)3)20-16(24)12-8-6-7-9-13(12)19/h6-9,11,15H,4-5,10H2,1-3H3,(H,20,24)(H,21,23,25)/t15-/m1/s1. The average molecular weight is 395 g/mol. The maximum atomic E-state index is 12.6. The largest absolute Gasteiger partial charge is 0.340 e. The van der Waals surface area contributed by atoms with Crippen LogP contribution in [0.25, 0.3) is 0 Å². The van der Waals surface area contributed by atoms with Crippen LogP contribution in [0.4, 0.5) is 5.13 Å². The predicted molar refractivity (Wildman–Crippen MR) is 105 cm³/mol. The lowest BCUT2D eigenvalue weighted by Crippen LogP contribution is -2.47. The van der Waals surface area contributed by atoms with Gasteiger partial charge in [-0.25, -0.2) is 0 Å². The van der Waals surface area contributed by atoms with Crippen molar-refractivity contribution in [1.29, 1.82) is 0 Å². The van der Waals surface area contributed by atoms with E-state index < -0.39 is 6.04 Å². The van der Waals surface area contributed by atoms with Crippen molar-refractivity contribution in [2.45, 2.75) is 46.1 Å². The highest BCUT2D eigenvalue weighted by molar-refractivity contribution is 7.15. The van der Waals surface area contributed by atoms with Crippen molar-refractivity contribution in [1.82, 2.24) is 15.5 Å². The third-order valence-corrected chi connectivity index (χ3v) is 5.02. The number of hydrogen-bond donors (Lipinski definition) is 2. The molecule has 0 saturated heterocycles. The summed E-state index contributed by atoms with van der Waals surface area (Å²) in [6.07, 6.45) is 2.96. The van der Waals surface area contributed by atoms with Crippen LogP contribution < -0.4 is 10.6 Å². The lowest BCUT2D eigenvalue weighted by molar-refractivity contribution is -0.118. The van der Waals surface area contributed by atoms with E-state index in [1.54, 1.807) is 24.3 Å². The molecule has 1 atom stereocenters. The Balaban J connectivity index is 2.04. The summed E-state index contributed by atoms with van der Waals surface area (Å²) in [5.74, 6) is -0.808. The Morgan fingerprint density at radius 2 is 1.96 bits per heavy atom. The second-order valence-corrected chi connectivity index (χ2v) is 7.74. The van der Waals surface area contributed by atoms with Crippen LogP contribution in [0.3, 0.4) is 0 Å². The molecular weight excluding hydrogens is 372 g/mol. The minimum atomic E-state index is -0.707. The van der Waals surface area contributed by atoms with Gasteiger partial charge in [-0.05, 0) is 24.5 Å². The zero-order valence-corrected chi connectivity index (χ0v) is 16.7. The molecule has 2 aromatic rings. The number of anilines is 1. The molecule has 1 aromatic heterocycles. The lowest BCUT2D eigenvalue weighted by Gasteiger charge is -2.21. The van der Waals surface area contributed by atoms with Crippen molar-refractivity contribution in [3.63, 3.8) is 0 Å². The zero-order chi connectivity index (χ0) is 19.1. The number of aryl methyl sites for hydroxylation is 1. The molecule has 140 valence electrons. The van der Waals surface area contributed by atoms with Gasteiger partial charge < -0.3 is 5.32 Å². The van der Waals surface area contributed by atoms with Crippen molar-refractivity contribution in [2.24, 2.45) is 5.92 Å². The summed E-state index contributed by atoms with van der Waals surface area (Å²) >= 11 is 7.42. The highest BCUT2D eigenvalue weighted by Crippen LogP contribution is 2.19. The summed E-state index contributed by atoms with van der Waals surface area (Å²) in [6, 6.07) is 6.03. The Morgan fingerprint density at radius 3 is 2.62 bits per heavy atom. The van der Waals surface area contributed by atoms with Gasteiger partial charge in [-0.15, -0.1) is 10.2 Å². The van der Waals surface area contributed by atoms with E-state index in [-0.39, 0.29) is 17.7 Å². The zero-order valence-electron chi connectivity index (χ0n) is 15.1. The smallest absolute Gasteiger partial charge is 0.253 e. The molecule has 26 heavy (non-hydrogen) atoms. The van der Waals surface area contributed by atoms with Gasteiger partial charge in [0.1, 0.15) is 11.0 Å². The van der Waals surface area contributed by atoms with Crippen LogP contribution in [0.5, 0.6) is 0 Å². The van der Waals surface area contributed by atoms with E-state index in [9.17, 15) is 9.59 Å². The number of aromatic nitrogens is 2. The maximum Gasteiger partial charge on any atom is 0.253 e. The molecule has 0 radical (unpaired) electrons. The third-order valence-electron chi connectivity index (χ3n) is 3.80. The number of nitrogens with zero attached hydrogens (tertiary/aromatic N) is 2. The Labute approximate surface area is 162 Å². The number of amides is 2. The summed E-state index contributed by atoms with van der Waals surface area (Å²) in [6.45, 7) is 5.84. The molecule has 2 N–H and O–H groups in total. The second-order valence-electron chi connectivity index (χ2n) is 6.27. The molecule has 1 heterocycles. The minimum Gasteiger partial charge on any atom is -0.340 e. The SMILES string of the molecule is CCCCc1nnc(NC(=O)[C@H](NC(=O)c2ccccc2Cl)C(C)C)s1. The number of halogens is 1. The van der Waals surface area contributed by atoms with Crippen LogP contribution >= 0.6 is 22.9 Å². The summed E-state index contributed by atoms with van der Waals surface area (Å²) in [4.78, 5) is 25.1. The van der Waals surface area contributed by atoms with Crippen LogP contribution in [-0.4, -0.2) is 28.1 Å². The van der Waals surface area contributed by atoms with E-state index >= 15 is 0 Å². The molecule has 0 unspecified atom stereocenters. The quantitative estimate of drug-likeness (QED) is 0.710. The highest BCUT2D eigenvalue weighted by Gasteiger charge is 2.26. The van der Waals surface area contributed by atoms with Gasteiger partial charge in [0.05, 0.1) is 10.6 Å². The first-order valence-corrected chi connectivity index (χ1v) is 9.80. The monoisotopic (exact) mass is 394 g/mol. The molecule has 0 saturated carbocycles. The molecule has 6 nitrogen and oxygen atoms in total. The Kier molecular flexibility index (Phi) is 7.53. The van der Waals surface area contributed by atoms with Gasteiger partial charge in [0.15, 0.2) is 0 Å². The van der Waals surface area contributed by atoms with Crippen LogP contribution in [0.1, 0.15) is 49.0 Å². The van der Waals surface area contributed by atoms with Crippen LogP contribution in [0.2, 0.25) is 5.02 Å². The van der Waals surface area contributed by atoms with Crippen LogP contribution in [0.15, 0.2) is 24.3 Å².